The van der Waals surface area contributed by atoms with Crippen LogP contribution in [0.15, 0.2) is 12.1 Å². The zero-order chi connectivity index (χ0) is 13.7. The van der Waals surface area contributed by atoms with Crippen molar-refractivity contribution in [1.82, 2.24) is 0 Å². The summed E-state index contributed by atoms with van der Waals surface area (Å²) in [6.07, 6.45) is -1.09. The molecule has 1 aromatic rings. The van der Waals surface area contributed by atoms with E-state index in [9.17, 15) is 14.5 Å². The summed E-state index contributed by atoms with van der Waals surface area (Å²) in [5.74, 6) is -1.00. The fourth-order valence-corrected chi connectivity index (χ4v) is 1.28. The Morgan fingerprint density at radius 1 is 1.61 bits per heavy atom. The van der Waals surface area contributed by atoms with E-state index in [1.54, 1.807) is 0 Å². The first-order valence-corrected chi connectivity index (χ1v) is 5.04. The average Bonchev–Trinajstić information content (AvgIpc) is 2.35. The lowest BCUT2D eigenvalue weighted by atomic mass is 10.2. The summed E-state index contributed by atoms with van der Waals surface area (Å²) >= 11 is 0. The molecule has 1 rings (SSSR count). The van der Waals surface area contributed by atoms with E-state index >= 15 is 0 Å². The number of aliphatic hydroxyl groups is 2. The van der Waals surface area contributed by atoms with E-state index in [0.29, 0.717) is 0 Å². The Kier molecular flexibility index (Phi) is 4.81. The summed E-state index contributed by atoms with van der Waals surface area (Å²) < 4.78 is 18.0. The summed E-state index contributed by atoms with van der Waals surface area (Å²) in [7, 11) is 1.20. The Morgan fingerprint density at radius 3 is 2.78 bits per heavy atom. The summed E-state index contributed by atoms with van der Waals surface area (Å²) in [6.45, 7) is -0.636. The van der Waals surface area contributed by atoms with Gasteiger partial charge in [0.1, 0.15) is 5.69 Å². The molecule has 0 spiro atoms. The van der Waals surface area contributed by atoms with Crippen LogP contribution in [-0.4, -0.2) is 41.5 Å². The molecule has 8 heteroatoms. The Hall–Kier alpha value is -1.93. The minimum atomic E-state index is -1.09. The minimum absolute atomic E-state index is 0.0919. The van der Waals surface area contributed by atoms with Gasteiger partial charge >= 0.3 is 0 Å². The molecule has 0 heterocycles. The van der Waals surface area contributed by atoms with Crippen LogP contribution in [0.25, 0.3) is 0 Å². The molecular weight excluding hydrogens is 247 g/mol. The highest BCUT2D eigenvalue weighted by Crippen LogP contribution is 2.31. The third-order valence-corrected chi connectivity index (χ3v) is 2.21. The molecule has 0 saturated heterocycles. The number of nitro benzene ring substituents is 1. The molecule has 1 aromatic carbocycles. The molecule has 3 N–H and O–H groups in total. The van der Waals surface area contributed by atoms with Crippen molar-refractivity contribution in [3.8, 4) is 5.75 Å². The van der Waals surface area contributed by atoms with Crippen molar-refractivity contribution in [3.05, 3.63) is 28.1 Å². The van der Waals surface area contributed by atoms with Gasteiger partial charge in [0, 0.05) is 12.6 Å². The molecule has 0 aromatic heterocycles. The number of halogens is 1. The second-order valence-electron chi connectivity index (χ2n) is 3.48. The first-order chi connectivity index (χ1) is 8.49. The fourth-order valence-electron chi connectivity index (χ4n) is 1.28. The molecule has 1 atom stereocenters. The van der Waals surface area contributed by atoms with Crippen LogP contribution in [0.2, 0.25) is 0 Å². The van der Waals surface area contributed by atoms with Gasteiger partial charge in [0.2, 0.25) is 0 Å². The van der Waals surface area contributed by atoms with Gasteiger partial charge in [0.25, 0.3) is 5.69 Å². The summed E-state index contributed by atoms with van der Waals surface area (Å²) in [6, 6.07) is 1.85. The summed E-state index contributed by atoms with van der Waals surface area (Å²) in [4.78, 5) is 10.1. The predicted octanol–water partition coefficient (Wildman–Crippen LogP) is 0.508. The third-order valence-electron chi connectivity index (χ3n) is 2.21. The number of hydrogen-bond acceptors (Lipinski definition) is 6. The van der Waals surface area contributed by atoms with Gasteiger partial charge < -0.3 is 20.3 Å². The maximum Gasteiger partial charge on any atom is 0.296 e. The van der Waals surface area contributed by atoms with Gasteiger partial charge in [-0.15, -0.1) is 0 Å². The number of rotatable bonds is 6. The van der Waals surface area contributed by atoms with Crippen molar-refractivity contribution in [2.24, 2.45) is 0 Å². The topological polar surface area (TPSA) is 105 Å². The van der Waals surface area contributed by atoms with Crippen LogP contribution in [0, 0.1) is 15.9 Å². The van der Waals surface area contributed by atoms with Crippen molar-refractivity contribution in [1.29, 1.82) is 0 Å². The first kappa shape index (κ1) is 14.1. The van der Waals surface area contributed by atoms with E-state index in [2.05, 4.69) is 10.1 Å². The average molecular weight is 260 g/mol. The van der Waals surface area contributed by atoms with E-state index in [1.165, 1.54) is 7.11 Å². The Bertz CT molecular complexity index is 441. The molecule has 0 amide bonds. The number of hydrogen-bond donors (Lipinski definition) is 3. The Morgan fingerprint density at radius 2 is 2.28 bits per heavy atom. The number of nitrogens with zero attached hydrogens (tertiary/aromatic N) is 1. The second-order valence-corrected chi connectivity index (χ2v) is 3.48. The number of methoxy groups -OCH3 is 1. The maximum atomic E-state index is 13.4. The summed E-state index contributed by atoms with van der Waals surface area (Å²) in [5, 5.41) is 31.0. The molecule has 100 valence electrons. The number of benzene rings is 1. The van der Waals surface area contributed by atoms with Crippen LogP contribution >= 0.6 is 0 Å². The monoisotopic (exact) mass is 260 g/mol. The zero-order valence-electron chi connectivity index (χ0n) is 9.59. The van der Waals surface area contributed by atoms with E-state index in [-0.39, 0.29) is 23.7 Å². The lowest BCUT2D eigenvalue weighted by Crippen LogP contribution is -2.23. The van der Waals surface area contributed by atoms with Crippen molar-refractivity contribution in [3.63, 3.8) is 0 Å². The maximum absolute atomic E-state index is 13.4. The van der Waals surface area contributed by atoms with Crippen LogP contribution in [0.1, 0.15) is 0 Å². The third kappa shape index (κ3) is 3.28. The molecule has 0 radical (unpaired) electrons. The normalized spacial score (nSPS) is 12.0. The largest absolute Gasteiger partial charge is 0.493 e. The zero-order valence-corrected chi connectivity index (χ0v) is 9.59. The van der Waals surface area contributed by atoms with Gasteiger partial charge in [-0.3, -0.25) is 10.1 Å². The molecule has 0 aliphatic rings. The summed E-state index contributed by atoms with van der Waals surface area (Å²) in [5.41, 5.74) is -0.468. The highest BCUT2D eigenvalue weighted by Gasteiger charge is 2.19. The minimum Gasteiger partial charge on any atom is -0.493 e. The van der Waals surface area contributed by atoms with Crippen LogP contribution in [0.5, 0.6) is 5.75 Å². The van der Waals surface area contributed by atoms with Crippen molar-refractivity contribution in [2.75, 3.05) is 25.6 Å². The van der Waals surface area contributed by atoms with Crippen LogP contribution < -0.4 is 10.1 Å². The number of anilines is 1. The lowest BCUT2D eigenvalue weighted by Gasteiger charge is -2.11. The van der Waals surface area contributed by atoms with Crippen molar-refractivity contribution in [2.45, 2.75) is 6.10 Å². The molecule has 0 saturated carbocycles. The van der Waals surface area contributed by atoms with Gasteiger partial charge in [0.05, 0.1) is 30.8 Å². The highest BCUT2D eigenvalue weighted by atomic mass is 19.1. The smallest absolute Gasteiger partial charge is 0.296 e. The van der Waals surface area contributed by atoms with E-state index in [0.717, 1.165) is 12.1 Å². The van der Waals surface area contributed by atoms with Gasteiger partial charge in [-0.05, 0) is 0 Å². The van der Waals surface area contributed by atoms with E-state index in [1.807, 2.05) is 0 Å². The standard InChI is InChI=1S/C10H13FN2O5/c1-18-10-3-9(13(16)17)8(2-7(10)11)12-4-6(15)5-14/h2-3,6,12,14-15H,4-5H2,1H3. The molecule has 18 heavy (non-hydrogen) atoms. The van der Waals surface area contributed by atoms with Crippen molar-refractivity contribution >= 4 is 11.4 Å². The Labute approximate surface area is 102 Å². The van der Waals surface area contributed by atoms with Gasteiger partial charge in [-0.25, -0.2) is 4.39 Å². The molecule has 1 unspecified atom stereocenters. The van der Waals surface area contributed by atoms with E-state index in [4.69, 9.17) is 10.2 Å². The van der Waals surface area contributed by atoms with Crippen LogP contribution in [0.4, 0.5) is 15.8 Å². The number of aliphatic hydroxyl groups excluding tert-OH is 2. The molecule has 0 aliphatic heterocycles. The van der Waals surface area contributed by atoms with Gasteiger partial charge in [0.15, 0.2) is 11.6 Å². The van der Waals surface area contributed by atoms with Gasteiger partial charge in [-0.2, -0.15) is 0 Å². The second kappa shape index (κ2) is 6.12. The Balaban J connectivity index is 3.01. The molecule has 0 bridgehead atoms. The lowest BCUT2D eigenvalue weighted by molar-refractivity contribution is -0.384. The van der Waals surface area contributed by atoms with Crippen LogP contribution in [0.3, 0.4) is 0 Å². The number of ether oxygens (including phenoxy) is 1. The predicted molar refractivity (Wildman–Crippen MR) is 61.2 cm³/mol. The molecular formula is C10H13FN2O5. The highest BCUT2D eigenvalue weighted by molar-refractivity contribution is 5.64. The molecule has 7 nitrogen and oxygen atoms in total. The number of nitrogens with one attached hydrogen (secondary N) is 1. The van der Waals surface area contributed by atoms with E-state index < -0.39 is 23.5 Å². The van der Waals surface area contributed by atoms with Gasteiger partial charge in [-0.1, -0.05) is 0 Å². The van der Waals surface area contributed by atoms with Crippen LogP contribution in [-0.2, 0) is 0 Å². The molecule has 0 aliphatic carbocycles. The molecule has 0 fully saturated rings. The van der Waals surface area contributed by atoms with Crippen molar-refractivity contribution < 1.29 is 24.3 Å². The fraction of sp³-hybridized carbons (Fsp3) is 0.400. The first-order valence-electron chi connectivity index (χ1n) is 5.04. The quantitative estimate of drug-likeness (QED) is 0.508. The SMILES string of the molecule is COc1cc([N+](=O)[O-])c(NCC(O)CO)cc1F. The number of nitro groups is 1.